The van der Waals surface area contributed by atoms with Gasteiger partial charge in [-0.05, 0) is 27.1 Å². The SMILES string of the molecule is CC(Cn1cc(C(=O)O)ccc1=O)N(C)C. The van der Waals surface area contributed by atoms with Crippen molar-refractivity contribution in [1.82, 2.24) is 9.47 Å². The molecule has 1 rings (SSSR count). The predicted octanol–water partition coefficient (Wildman–Crippen LogP) is 0.497. The van der Waals surface area contributed by atoms with Crippen molar-refractivity contribution in [3.8, 4) is 0 Å². The molecule has 16 heavy (non-hydrogen) atoms. The Hall–Kier alpha value is -1.62. The lowest BCUT2D eigenvalue weighted by atomic mass is 10.2. The fourth-order valence-electron chi connectivity index (χ4n) is 1.25. The van der Waals surface area contributed by atoms with Crippen molar-refractivity contribution in [2.75, 3.05) is 14.1 Å². The summed E-state index contributed by atoms with van der Waals surface area (Å²) in [4.78, 5) is 24.2. The molecule has 1 atom stereocenters. The van der Waals surface area contributed by atoms with Gasteiger partial charge in [0.15, 0.2) is 0 Å². The van der Waals surface area contributed by atoms with Crippen molar-refractivity contribution < 1.29 is 9.90 Å². The molecule has 0 saturated heterocycles. The van der Waals surface area contributed by atoms with E-state index in [1.54, 1.807) is 0 Å². The van der Waals surface area contributed by atoms with Gasteiger partial charge in [0.1, 0.15) is 0 Å². The largest absolute Gasteiger partial charge is 0.478 e. The summed E-state index contributed by atoms with van der Waals surface area (Å²) in [5.41, 5.74) is -0.0516. The summed E-state index contributed by atoms with van der Waals surface area (Å²) in [5, 5.41) is 8.82. The topological polar surface area (TPSA) is 62.5 Å². The number of nitrogens with zero attached hydrogens (tertiary/aromatic N) is 2. The van der Waals surface area contributed by atoms with E-state index in [4.69, 9.17) is 5.11 Å². The van der Waals surface area contributed by atoms with E-state index in [9.17, 15) is 9.59 Å². The van der Waals surface area contributed by atoms with Crippen LogP contribution in [0.4, 0.5) is 0 Å². The van der Waals surface area contributed by atoms with Gasteiger partial charge in [-0.3, -0.25) is 4.79 Å². The third-order valence-electron chi connectivity index (χ3n) is 2.57. The van der Waals surface area contributed by atoms with Crippen LogP contribution in [0, 0.1) is 0 Å². The number of hydrogen-bond acceptors (Lipinski definition) is 3. The molecule has 0 saturated carbocycles. The average molecular weight is 224 g/mol. The highest BCUT2D eigenvalue weighted by atomic mass is 16.4. The molecule has 1 aromatic rings. The minimum absolute atomic E-state index is 0.130. The zero-order valence-corrected chi connectivity index (χ0v) is 9.67. The summed E-state index contributed by atoms with van der Waals surface area (Å²) in [7, 11) is 3.83. The molecular weight excluding hydrogens is 208 g/mol. The Morgan fingerprint density at radius 1 is 1.50 bits per heavy atom. The lowest BCUT2D eigenvalue weighted by Crippen LogP contribution is -2.33. The highest BCUT2D eigenvalue weighted by Gasteiger charge is 2.09. The van der Waals surface area contributed by atoms with Crippen molar-refractivity contribution in [1.29, 1.82) is 0 Å². The highest BCUT2D eigenvalue weighted by molar-refractivity contribution is 5.87. The third-order valence-corrected chi connectivity index (χ3v) is 2.57. The fraction of sp³-hybridized carbons (Fsp3) is 0.455. The van der Waals surface area contributed by atoms with E-state index in [1.165, 1.54) is 22.9 Å². The van der Waals surface area contributed by atoms with Crippen LogP contribution in [0.15, 0.2) is 23.1 Å². The van der Waals surface area contributed by atoms with Crippen LogP contribution < -0.4 is 5.56 Å². The Morgan fingerprint density at radius 3 is 2.62 bits per heavy atom. The van der Waals surface area contributed by atoms with Crippen molar-refractivity contribution in [2.24, 2.45) is 0 Å². The van der Waals surface area contributed by atoms with Crippen molar-refractivity contribution >= 4 is 5.97 Å². The first-order chi connectivity index (χ1) is 7.41. The molecule has 1 aromatic heterocycles. The van der Waals surface area contributed by atoms with E-state index in [0.29, 0.717) is 6.54 Å². The van der Waals surface area contributed by atoms with Gasteiger partial charge in [-0.1, -0.05) is 0 Å². The summed E-state index contributed by atoms with van der Waals surface area (Å²) in [6.07, 6.45) is 1.38. The van der Waals surface area contributed by atoms with E-state index in [0.717, 1.165) is 0 Å². The minimum atomic E-state index is -1.02. The molecule has 0 spiro atoms. The van der Waals surface area contributed by atoms with E-state index < -0.39 is 5.97 Å². The van der Waals surface area contributed by atoms with Gasteiger partial charge in [0.05, 0.1) is 5.56 Å². The van der Waals surface area contributed by atoms with Gasteiger partial charge in [-0.15, -0.1) is 0 Å². The molecule has 5 heteroatoms. The van der Waals surface area contributed by atoms with Gasteiger partial charge in [0.25, 0.3) is 5.56 Å². The number of likely N-dealkylation sites (N-methyl/N-ethyl adjacent to an activating group) is 1. The van der Waals surface area contributed by atoms with E-state index in [-0.39, 0.29) is 17.2 Å². The molecule has 0 aliphatic rings. The van der Waals surface area contributed by atoms with Gasteiger partial charge in [0, 0.05) is 24.8 Å². The van der Waals surface area contributed by atoms with Crippen LogP contribution in [0.5, 0.6) is 0 Å². The lowest BCUT2D eigenvalue weighted by molar-refractivity contribution is 0.0695. The number of carbonyl (C=O) groups is 1. The molecule has 88 valence electrons. The van der Waals surface area contributed by atoms with Crippen molar-refractivity contribution in [2.45, 2.75) is 19.5 Å². The zero-order chi connectivity index (χ0) is 12.3. The Bertz CT molecular complexity index is 437. The zero-order valence-electron chi connectivity index (χ0n) is 9.67. The number of carboxylic acid groups (broad SMARTS) is 1. The molecule has 0 bridgehead atoms. The second-order valence-corrected chi connectivity index (χ2v) is 4.03. The number of hydrogen-bond donors (Lipinski definition) is 1. The van der Waals surface area contributed by atoms with E-state index in [1.807, 2.05) is 25.9 Å². The van der Waals surface area contributed by atoms with Crippen molar-refractivity contribution in [3.63, 3.8) is 0 Å². The van der Waals surface area contributed by atoms with E-state index in [2.05, 4.69) is 0 Å². The molecule has 1 N–H and O–H groups in total. The summed E-state index contributed by atoms with van der Waals surface area (Å²) < 4.78 is 1.42. The van der Waals surface area contributed by atoms with Crippen molar-refractivity contribution in [3.05, 3.63) is 34.2 Å². The molecule has 0 fully saturated rings. The molecule has 0 amide bonds. The summed E-state index contributed by atoms with van der Waals surface area (Å²) in [6.45, 7) is 2.45. The van der Waals surface area contributed by atoms with Gasteiger partial charge in [0.2, 0.25) is 0 Å². The van der Waals surface area contributed by atoms with Crippen LogP contribution in [-0.2, 0) is 6.54 Å². The average Bonchev–Trinajstić information content (AvgIpc) is 2.20. The fourth-order valence-corrected chi connectivity index (χ4v) is 1.25. The van der Waals surface area contributed by atoms with Crippen LogP contribution >= 0.6 is 0 Å². The van der Waals surface area contributed by atoms with Crippen LogP contribution in [0.25, 0.3) is 0 Å². The molecular formula is C11H16N2O3. The monoisotopic (exact) mass is 224 g/mol. The second kappa shape index (κ2) is 4.94. The van der Waals surface area contributed by atoms with Crippen LogP contribution in [-0.4, -0.2) is 40.7 Å². The van der Waals surface area contributed by atoms with Gasteiger partial charge in [-0.25, -0.2) is 4.79 Å². The van der Waals surface area contributed by atoms with Crippen LogP contribution in [0.3, 0.4) is 0 Å². The number of aromatic carboxylic acids is 1. The lowest BCUT2D eigenvalue weighted by Gasteiger charge is -2.20. The van der Waals surface area contributed by atoms with Gasteiger partial charge in [-0.2, -0.15) is 0 Å². The molecule has 0 aliphatic heterocycles. The second-order valence-electron chi connectivity index (χ2n) is 4.03. The van der Waals surface area contributed by atoms with Gasteiger partial charge >= 0.3 is 5.97 Å². The molecule has 0 aliphatic carbocycles. The Morgan fingerprint density at radius 2 is 2.12 bits per heavy atom. The minimum Gasteiger partial charge on any atom is -0.478 e. The Labute approximate surface area is 93.9 Å². The van der Waals surface area contributed by atoms with Gasteiger partial charge < -0.3 is 14.6 Å². The first-order valence-corrected chi connectivity index (χ1v) is 5.02. The Kier molecular flexibility index (Phi) is 3.84. The quantitative estimate of drug-likeness (QED) is 0.808. The standard InChI is InChI=1S/C11H16N2O3/c1-8(12(2)3)6-13-7-9(11(15)16)4-5-10(13)14/h4-5,7-8H,6H2,1-3H3,(H,15,16). The molecule has 1 heterocycles. The highest BCUT2D eigenvalue weighted by Crippen LogP contribution is 1.99. The molecule has 0 aromatic carbocycles. The maximum atomic E-state index is 11.5. The summed E-state index contributed by atoms with van der Waals surface area (Å²) in [6, 6.07) is 2.77. The molecule has 5 nitrogen and oxygen atoms in total. The van der Waals surface area contributed by atoms with Crippen LogP contribution in [0.2, 0.25) is 0 Å². The summed E-state index contributed by atoms with van der Waals surface area (Å²) in [5.74, 6) is -1.02. The summed E-state index contributed by atoms with van der Waals surface area (Å²) >= 11 is 0. The number of pyridine rings is 1. The molecule has 0 radical (unpaired) electrons. The predicted molar refractivity (Wildman–Crippen MR) is 60.8 cm³/mol. The van der Waals surface area contributed by atoms with Crippen LogP contribution in [0.1, 0.15) is 17.3 Å². The number of aromatic nitrogens is 1. The smallest absolute Gasteiger partial charge is 0.337 e. The normalized spacial score (nSPS) is 12.8. The Balaban J connectivity index is 2.99. The number of carboxylic acids is 1. The van der Waals surface area contributed by atoms with E-state index >= 15 is 0 Å². The maximum Gasteiger partial charge on any atom is 0.337 e. The number of rotatable bonds is 4. The third kappa shape index (κ3) is 2.93. The molecule has 1 unspecified atom stereocenters. The first-order valence-electron chi connectivity index (χ1n) is 5.02. The maximum absolute atomic E-state index is 11.5. The first kappa shape index (κ1) is 12.4.